The van der Waals surface area contributed by atoms with Gasteiger partial charge in [-0.2, -0.15) is 0 Å². The fraction of sp³-hybridized carbons (Fsp3) is 0.133. The van der Waals surface area contributed by atoms with Crippen LogP contribution in [0.4, 0.5) is 10.1 Å². The van der Waals surface area contributed by atoms with E-state index in [0.29, 0.717) is 6.54 Å². The molecule has 0 saturated carbocycles. The number of hydrogen-bond donors (Lipinski definition) is 2. The van der Waals surface area contributed by atoms with Crippen molar-refractivity contribution in [3.05, 3.63) is 65.0 Å². The zero-order valence-electron chi connectivity index (χ0n) is 10.6. The van der Waals surface area contributed by atoms with Crippen molar-refractivity contribution in [1.82, 2.24) is 5.32 Å². The SMILES string of the molecule is Cc1cccc(CNC(=O)c2ccc(F)cc2N)c1. The lowest BCUT2D eigenvalue weighted by Gasteiger charge is -2.08. The van der Waals surface area contributed by atoms with Gasteiger partial charge in [-0.05, 0) is 30.7 Å². The highest BCUT2D eigenvalue weighted by Crippen LogP contribution is 2.13. The van der Waals surface area contributed by atoms with E-state index in [9.17, 15) is 9.18 Å². The van der Waals surface area contributed by atoms with Gasteiger partial charge in [0.25, 0.3) is 5.91 Å². The molecule has 2 rings (SSSR count). The first kappa shape index (κ1) is 13.1. The average Bonchev–Trinajstić information content (AvgIpc) is 2.36. The van der Waals surface area contributed by atoms with Gasteiger partial charge in [0, 0.05) is 12.2 Å². The normalized spacial score (nSPS) is 10.2. The van der Waals surface area contributed by atoms with E-state index in [4.69, 9.17) is 5.73 Å². The van der Waals surface area contributed by atoms with Crippen molar-refractivity contribution in [2.45, 2.75) is 13.5 Å². The summed E-state index contributed by atoms with van der Waals surface area (Å²) in [7, 11) is 0. The number of benzene rings is 2. The monoisotopic (exact) mass is 258 g/mol. The second kappa shape index (κ2) is 5.52. The topological polar surface area (TPSA) is 55.1 Å². The number of halogens is 1. The molecule has 0 spiro atoms. The number of rotatable bonds is 3. The summed E-state index contributed by atoms with van der Waals surface area (Å²) in [6.45, 7) is 2.40. The number of nitrogen functional groups attached to an aromatic ring is 1. The minimum Gasteiger partial charge on any atom is -0.398 e. The Kier molecular flexibility index (Phi) is 3.80. The summed E-state index contributed by atoms with van der Waals surface area (Å²) in [4.78, 5) is 11.9. The number of hydrogen-bond acceptors (Lipinski definition) is 2. The van der Waals surface area contributed by atoms with Gasteiger partial charge >= 0.3 is 0 Å². The Labute approximate surface area is 111 Å². The molecule has 0 radical (unpaired) electrons. The maximum absolute atomic E-state index is 12.9. The Balaban J connectivity index is 2.05. The van der Waals surface area contributed by atoms with Gasteiger partial charge in [0.1, 0.15) is 5.82 Å². The third kappa shape index (κ3) is 3.31. The molecule has 2 aromatic carbocycles. The van der Waals surface area contributed by atoms with Crippen molar-refractivity contribution in [1.29, 1.82) is 0 Å². The largest absolute Gasteiger partial charge is 0.398 e. The molecule has 1 amide bonds. The molecule has 3 N–H and O–H groups in total. The minimum absolute atomic E-state index is 0.141. The highest BCUT2D eigenvalue weighted by Gasteiger charge is 2.09. The van der Waals surface area contributed by atoms with Gasteiger partial charge in [-0.3, -0.25) is 4.79 Å². The van der Waals surface area contributed by atoms with Crippen molar-refractivity contribution < 1.29 is 9.18 Å². The van der Waals surface area contributed by atoms with Gasteiger partial charge in [0.15, 0.2) is 0 Å². The molecule has 0 aromatic heterocycles. The van der Waals surface area contributed by atoms with Crippen LogP contribution in [0.25, 0.3) is 0 Å². The number of nitrogens with two attached hydrogens (primary N) is 1. The molecular formula is C15H15FN2O. The number of aryl methyl sites for hydroxylation is 1. The van der Waals surface area contributed by atoms with E-state index in [1.54, 1.807) is 0 Å². The highest BCUT2D eigenvalue weighted by molar-refractivity contribution is 5.99. The smallest absolute Gasteiger partial charge is 0.253 e. The average molecular weight is 258 g/mol. The van der Waals surface area contributed by atoms with E-state index in [2.05, 4.69) is 5.32 Å². The molecule has 4 heteroatoms. The zero-order valence-corrected chi connectivity index (χ0v) is 10.6. The molecule has 0 heterocycles. The van der Waals surface area contributed by atoms with Crippen LogP contribution in [0.15, 0.2) is 42.5 Å². The Morgan fingerprint density at radius 3 is 2.74 bits per heavy atom. The molecule has 0 atom stereocenters. The second-order valence-electron chi connectivity index (χ2n) is 4.40. The van der Waals surface area contributed by atoms with Gasteiger partial charge in [-0.25, -0.2) is 4.39 Å². The van der Waals surface area contributed by atoms with Crippen LogP contribution in [-0.4, -0.2) is 5.91 Å². The fourth-order valence-corrected chi connectivity index (χ4v) is 1.84. The van der Waals surface area contributed by atoms with Crippen molar-refractivity contribution in [2.75, 3.05) is 5.73 Å². The lowest BCUT2D eigenvalue weighted by atomic mass is 10.1. The molecule has 0 aliphatic carbocycles. The number of amides is 1. The molecule has 2 aromatic rings. The predicted molar refractivity (Wildman–Crippen MR) is 73.2 cm³/mol. The van der Waals surface area contributed by atoms with E-state index in [1.165, 1.54) is 12.1 Å². The van der Waals surface area contributed by atoms with Crippen LogP contribution in [0, 0.1) is 12.7 Å². The first-order valence-corrected chi connectivity index (χ1v) is 5.95. The Morgan fingerprint density at radius 2 is 2.05 bits per heavy atom. The summed E-state index contributed by atoms with van der Waals surface area (Å²) >= 11 is 0. The van der Waals surface area contributed by atoms with Crippen LogP contribution in [0.5, 0.6) is 0 Å². The minimum atomic E-state index is -0.451. The third-order valence-corrected chi connectivity index (χ3v) is 2.79. The lowest BCUT2D eigenvalue weighted by molar-refractivity contribution is 0.0952. The predicted octanol–water partition coefficient (Wildman–Crippen LogP) is 2.65. The molecular weight excluding hydrogens is 243 g/mol. The molecule has 19 heavy (non-hydrogen) atoms. The summed E-state index contributed by atoms with van der Waals surface area (Å²) < 4.78 is 12.9. The van der Waals surface area contributed by atoms with E-state index >= 15 is 0 Å². The van der Waals surface area contributed by atoms with Crippen molar-refractivity contribution in [2.24, 2.45) is 0 Å². The van der Waals surface area contributed by atoms with Crippen molar-refractivity contribution >= 4 is 11.6 Å². The molecule has 0 aliphatic rings. The quantitative estimate of drug-likeness (QED) is 0.831. The Morgan fingerprint density at radius 1 is 1.26 bits per heavy atom. The molecule has 0 saturated heterocycles. The number of nitrogens with one attached hydrogen (secondary N) is 1. The molecule has 0 unspecified atom stereocenters. The van der Waals surface area contributed by atoms with Gasteiger partial charge in [0.05, 0.1) is 5.56 Å². The Bertz CT molecular complexity index is 611. The zero-order chi connectivity index (χ0) is 13.8. The van der Waals surface area contributed by atoms with E-state index in [0.717, 1.165) is 17.2 Å². The number of anilines is 1. The summed E-state index contributed by atoms with van der Waals surface area (Å²) in [5.74, 6) is -0.758. The standard InChI is InChI=1S/C15H15FN2O/c1-10-3-2-4-11(7-10)9-18-15(19)13-6-5-12(16)8-14(13)17/h2-8H,9,17H2,1H3,(H,18,19). The second-order valence-corrected chi connectivity index (χ2v) is 4.40. The molecule has 0 fully saturated rings. The highest BCUT2D eigenvalue weighted by atomic mass is 19.1. The third-order valence-electron chi connectivity index (χ3n) is 2.79. The van der Waals surface area contributed by atoms with Gasteiger partial charge in [0.2, 0.25) is 0 Å². The molecule has 3 nitrogen and oxygen atoms in total. The molecule has 0 aliphatic heterocycles. The van der Waals surface area contributed by atoms with E-state index in [1.807, 2.05) is 31.2 Å². The Hall–Kier alpha value is -2.36. The van der Waals surface area contributed by atoms with Crippen LogP contribution >= 0.6 is 0 Å². The van der Waals surface area contributed by atoms with Crippen LogP contribution in [0.1, 0.15) is 21.5 Å². The van der Waals surface area contributed by atoms with Crippen LogP contribution in [0.2, 0.25) is 0 Å². The maximum atomic E-state index is 12.9. The summed E-state index contributed by atoms with van der Waals surface area (Å²) in [5.41, 5.74) is 8.18. The number of carbonyl (C=O) groups is 1. The fourth-order valence-electron chi connectivity index (χ4n) is 1.84. The van der Waals surface area contributed by atoms with Crippen LogP contribution in [0.3, 0.4) is 0 Å². The number of carbonyl (C=O) groups excluding carboxylic acids is 1. The molecule has 98 valence electrons. The lowest BCUT2D eigenvalue weighted by Crippen LogP contribution is -2.23. The summed E-state index contributed by atoms with van der Waals surface area (Å²) in [5, 5.41) is 2.76. The molecule has 0 bridgehead atoms. The summed E-state index contributed by atoms with van der Waals surface area (Å²) in [6, 6.07) is 11.6. The van der Waals surface area contributed by atoms with Crippen molar-refractivity contribution in [3.63, 3.8) is 0 Å². The summed E-state index contributed by atoms with van der Waals surface area (Å²) in [6.07, 6.45) is 0. The maximum Gasteiger partial charge on any atom is 0.253 e. The van der Waals surface area contributed by atoms with Gasteiger partial charge < -0.3 is 11.1 Å². The van der Waals surface area contributed by atoms with Gasteiger partial charge in [-0.1, -0.05) is 29.8 Å². The first-order valence-electron chi connectivity index (χ1n) is 5.95. The van der Waals surface area contributed by atoms with Crippen molar-refractivity contribution in [3.8, 4) is 0 Å². The van der Waals surface area contributed by atoms with E-state index < -0.39 is 5.82 Å². The van der Waals surface area contributed by atoms with E-state index in [-0.39, 0.29) is 17.2 Å². The first-order chi connectivity index (χ1) is 9.06. The van der Waals surface area contributed by atoms with Crippen LogP contribution in [-0.2, 0) is 6.54 Å². The van der Waals surface area contributed by atoms with Gasteiger partial charge in [-0.15, -0.1) is 0 Å². The van der Waals surface area contributed by atoms with Crippen LogP contribution < -0.4 is 11.1 Å².